The molecule has 0 heterocycles. The Balaban J connectivity index is 3.18. The zero-order valence-electron chi connectivity index (χ0n) is 8.38. The van der Waals surface area contributed by atoms with Gasteiger partial charge in [0.25, 0.3) is 16.0 Å². The first-order valence-corrected chi connectivity index (χ1v) is 5.72. The standard InChI is InChI=1S/C9H10NO5S/c1-15-7-4-2-6(3-5-7)8(9(10)11)16(12,13)14/h2-5,8,10H,1H3,(H,12,13,14). The van der Waals surface area contributed by atoms with Gasteiger partial charge in [-0.3, -0.25) is 15.1 Å². The van der Waals surface area contributed by atoms with E-state index in [0.29, 0.717) is 5.75 Å². The zero-order chi connectivity index (χ0) is 12.3. The first-order valence-electron chi connectivity index (χ1n) is 4.22. The van der Waals surface area contributed by atoms with Gasteiger partial charge in [-0.05, 0) is 17.7 Å². The fourth-order valence-electron chi connectivity index (χ4n) is 1.24. The van der Waals surface area contributed by atoms with Crippen LogP contribution in [0.3, 0.4) is 0 Å². The van der Waals surface area contributed by atoms with Crippen LogP contribution in [-0.2, 0) is 14.9 Å². The van der Waals surface area contributed by atoms with Crippen LogP contribution in [0.15, 0.2) is 24.3 Å². The van der Waals surface area contributed by atoms with Crippen molar-refractivity contribution in [3.8, 4) is 5.75 Å². The van der Waals surface area contributed by atoms with Crippen molar-refractivity contribution in [1.29, 1.82) is 0 Å². The van der Waals surface area contributed by atoms with E-state index in [1.807, 2.05) is 0 Å². The van der Waals surface area contributed by atoms with Crippen molar-refractivity contribution in [2.75, 3.05) is 7.11 Å². The molecule has 0 saturated carbocycles. The summed E-state index contributed by atoms with van der Waals surface area (Å²) >= 11 is 0. The summed E-state index contributed by atoms with van der Waals surface area (Å²) < 4.78 is 35.5. The lowest BCUT2D eigenvalue weighted by atomic mass is 10.1. The Morgan fingerprint density at radius 2 is 1.88 bits per heavy atom. The highest BCUT2D eigenvalue weighted by Crippen LogP contribution is 2.23. The molecule has 16 heavy (non-hydrogen) atoms. The third-order valence-corrected chi connectivity index (χ3v) is 3.04. The van der Waals surface area contributed by atoms with Gasteiger partial charge in [0, 0.05) is 0 Å². The smallest absolute Gasteiger partial charge is 0.281 e. The number of amides is 1. The molecule has 1 aromatic carbocycles. The third-order valence-electron chi connectivity index (χ3n) is 1.95. The van der Waals surface area contributed by atoms with E-state index in [9.17, 15) is 13.2 Å². The van der Waals surface area contributed by atoms with Crippen LogP contribution in [0.1, 0.15) is 10.8 Å². The fraction of sp³-hybridized carbons (Fsp3) is 0.222. The first kappa shape index (κ1) is 12.5. The maximum atomic E-state index is 10.9. The summed E-state index contributed by atoms with van der Waals surface area (Å²) in [7, 11) is -3.18. The average Bonchev–Trinajstić information content (AvgIpc) is 2.16. The summed E-state index contributed by atoms with van der Waals surface area (Å²) in [4.78, 5) is 10.8. The van der Waals surface area contributed by atoms with Crippen LogP contribution in [0.2, 0.25) is 0 Å². The molecule has 0 aliphatic heterocycles. The van der Waals surface area contributed by atoms with Gasteiger partial charge in [0.15, 0.2) is 5.25 Å². The molecule has 1 atom stereocenters. The Morgan fingerprint density at radius 3 is 2.19 bits per heavy atom. The summed E-state index contributed by atoms with van der Waals surface area (Å²) in [6, 6.07) is 5.50. The second kappa shape index (κ2) is 4.50. The maximum Gasteiger partial charge on any atom is 0.281 e. The molecule has 1 rings (SSSR count). The minimum absolute atomic E-state index is 0.0308. The molecule has 87 valence electrons. The third kappa shape index (κ3) is 2.71. The summed E-state index contributed by atoms with van der Waals surface area (Å²) in [6.45, 7) is 0. The van der Waals surface area contributed by atoms with E-state index >= 15 is 0 Å². The Bertz CT molecular complexity index is 479. The van der Waals surface area contributed by atoms with E-state index in [4.69, 9.17) is 15.0 Å². The first-order chi connectivity index (χ1) is 7.36. The molecule has 7 heteroatoms. The highest BCUT2D eigenvalue weighted by atomic mass is 32.2. The molecule has 0 bridgehead atoms. The molecule has 0 spiro atoms. The lowest BCUT2D eigenvalue weighted by molar-refractivity contribution is -0.118. The number of methoxy groups -OCH3 is 1. The van der Waals surface area contributed by atoms with Crippen molar-refractivity contribution in [3.63, 3.8) is 0 Å². The van der Waals surface area contributed by atoms with Crippen molar-refractivity contribution in [1.82, 2.24) is 5.73 Å². The number of rotatable bonds is 4. The van der Waals surface area contributed by atoms with E-state index in [-0.39, 0.29) is 5.56 Å². The van der Waals surface area contributed by atoms with E-state index in [0.717, 1.165) is 0 Å². The van der Waals surface area contributed by atoms with Crippen molar-refractivity contribution < 1.29 is 22.5 Å². The lowest BCUT2D eigenvalue weighted by Crippen LogP contribution is -2.22. The second-order valence-electron chi connectivity index (χ2n) is 3.03. The molecule has 1 aromatic rings. The monoisotopic (exact) mass is 244 g/mol. The van der Waals surface area contributed by atoms with Crippen LogP contribution in [0, 0.1) is 0 Å². The molecule has 2 N–H and O–H groups in total. The normalized spacial score (nSPS) is 13.1. The Kier molecular flexibility index (Phi) is 3.51. The van der Waals surface area contributed by atoms with Crippen LogP contribution in [0.4, 0.5) is 0 Å². The van der Waals surface area contributed by atoms with E-state index in [1.165, 1.54) is 31.4 Å². The van der Waals surface area contributed by atoms with Crippen molar-refractivity contribution in [2.45, 2.75) is 5.25 Å². The molecule has 1 unspecified atom stereocenters. The summed E-state index contributed by atoms with van der Waals surface area (Å²) in [5.41, 5.74) is 6.85. The van der Waals surface area contributed by atoms with Crippen molar-refractivity contribution in [3.05, 3.63) is 29.8 Å². The molecule has 0 aliphatic carbocycles. The van der Waals surface area contributed by atoms with E-state index in [1.54, 1.807) is 0 Å². The SMILES string of the molecule is COc1ccc(C(C([NH])=O)S(=O)(=O)O)cc1. The van der Waals surface area contributed by atoms with Crippen molar-refractivity contribution >= 4 is 16.0 Å². The highest BCUT2D eigenvalue weighted by molar-refractivity contribution is 7.86. The van der Waals surface area contributed by atoms with Gasteiger partial charge in [-0.2, -0.15) is 8.42 Å². The van der Waals surface area contributed by atoms with Crippen LogP contribution in [0.25, 0.3) is 0 Å². The lowest BCUT2D eigenvalue weighted by Gasteiger charge is -2.10. The minimum Gasteiger partial charge on any atom is -0.497 e. The van der Waals surface area contributed by atoms with Gasteiger partial charge in [-0.1, -0.05) is 12.1 Å². The molecular weight excluding hydrogens is 234 g/mol. The predicted molar refractivity (Wildman–Crippen MR) is 55.4 cm³/mol. The highest BCUT2D eigenvalue weighted by Gasteiger charge is 2.31. The quantitative estimate of drug-likeness (QED) is 0.773. The molecule has 1 amide bonds. The van der Waals surface area contributed by atoms with Gasteiger partial charge in [-0.25, -0.2) is 0 Å². The number of hydrogen-bond acceptors (Lipinski definition) is 4. The molecule has 0 saturated heterocycles. The Hall–Kier alpha value is -1.60. The molecule has 1 radical (unpaired) electrons. The second-order valence-corrected chi connectivity index (χ2v) is 4.53. The van der Waals surface area contributed by atoms with E-state index in [2.05, 4.69) is 0 Å². The Labute approximate surface area is 92.8 Å². The summed E-state index contributed by atoms with van der Waals surface area (Å²) in [6.07, 6.45) is 0. The number of carbonyl (C=O) groups excluding carboxylic acids is 1. The van der Waals surface area contributed by atoms with Gasteiger partial charge in [0.2, 0.25) is 0 Å². The largest absolute Gasteiger partial charge is 0.497 e. The van der Waals surface area contributed by atoms with Crippen LogP contribution in [-0.4, -0.2) is 26.0 Å². The molecule has 0 aromatic heterocycles. The molecule has 6 nitrogen and oxygen atoms in total. The van der Waals surface area contributed by atoms with Crippen molar-refractivity contribution in [2.24, 2.45) is 0 Å². The minimum atomic E-state index is -4.61. The maximum absolute atomic E-state index is 10.9. The van der Waals surface area contributed by atoms with E-state index < -0.39 is 21.3 Å². The molecule has 0 aliphatic rings. The predicted octanol–water partition coefficient (Wildman–Crippen LogP) is 0.434. The van der Waals surface area contributed by atoms with Crippen LogP contribution < -0.4 is 10.5 Å². The van der Waals surface area contributed by atoms with Crippen LogP contribution >= 0.6 is 0 Å². The number of hydrogen-bond donors (Lipinski definition) is 1. The number of carbonyl (C=O) groups is 1. The van der Waals surface area contributed by atoms with Gasteiger partial charge < -0.3 is 4.74 Å². The van der Waals surface area contributed by atoms with Gasteiger partial charge >= 0.3 is 0 Å². The Morgan fingerprint density at radius 1 is 1.38 bits per heavy atom. The number of benzene rings is 1. The summed E-state index contributed by atoms with van der Waals surface area (Å²) in [5.74, 6) is -0.900. The molecule has 0 fully saturated rings. The summed E-state index contributed by atoms with van der Waals surface area (Å²) in [5, 5.41) is -1.86. The van der Waals surface area contributed by atoms with Crippen LogP contribution in [0.5, 0.6) is 5.75 Å². The van der Waals surface area contributed by atoms with Gasteiger partial charge in [0.1, 0.15) is 5.75 Å². The molecular formula is C9H10NO5S. The van der Waals surface area contributed by atoms with Gasteiger partial charge in [0.05, 0.1) is 7.11 Å². The fourth-order valence-corrected chi connectivity index (χ4v) is 2.01. The number of nitrogens with one attached hydrogen (secondary N) is 1. The van der Waals surface area contributed by atoms with Gasteiger partial charge in [-0.15, -0.1) is 0 Å². The topological polar surface area (TPSA) is 104 Å². The average molecular weight is 244 g/mol. The number of ether oxygens (including phenoxy) is 1. The zero-order valence-corrected chi connectivity index (χ0v) is 9.19.